The van der Waals surface area contributed by atoms with E-state index in [1.165, 1.54) is 0 Å². The van der Waals surface area contributed by atoms with Crippen LogP contribution in [0, 0.1) is 0 Å². The third-order valence-corrected chi connectivity index (χ3v) is 7.86. The van der Waals surface area contributed by atoms with Crippen molar-refractivity contribution in [2.24, 2.45) is 0 Å². The van der Waals surface area contributed by atoms with Crippen LogP contribution in [0.4, 0.5) is 0 Å². The van der Waals surface area contributed by atoms with E-state index in [2.05, 4.69) is 0 Å². The molecule has 4 rings (SSSR count). The third kappa shape index (κ3) is 2.64. The molecule has 24 heavy (non-hydrogen) atoms. The molecular weight excluding hydrogens is 330 g/mol. The summed E-state index contributed by atoms with van der Waals surface area (Å²) in [5.74, 6) is 1.05. The molecule has 0 spiro atoms. The Kier molecular flexibility index (Phi) is 3.90. The first-order valence-electron chi connectivity index (χ1n) is 8.47. The van der Waals surface area contributed by atoms with Gasteiger partial charge in [-0.1, -0.05) is 19.3 Å². The number of sulfone groups is 1. The van der Waals surface area contributed by atoms with Crippen LogP contribution in [-0.2, 0) is 9.84 Å². The SMILES string of the molecule is O=C(c1ccc2c(c1)OCO2)N1CC(S(=O)(=O)C2CCCCC2)C1. The van der Waals surface area contributed by atoms with Crippen LogP contribution >= 0.6 is 0 Å². The van der Waals surface area contributed by atoms with Crippen LogP contribution in [0.2, 0.25) is 0 Å². The van der Waals surface area contributed by atoms with Gasteiger partial charge in [0.1, 0.15) is 0 Å². The van der Waals surface area contributed by atoms with Crippen molar-refractivity contribution in [2.75, 3.05) is 19.9 Å². The molecule has 2 heterocycles. The maximum absolute atomic E-state index is 12.7. The number of nitrogens with zero attached hydrogens (tertiary/aromatic N) is 1. The second-order valence-electron chi connectivity index (χ2n) is 6.75. The van der Waals surface area contributed by atoms with Crippen molar-refractivity contribution < 1.29 is 22.7 Å². The molecule has 3 aliphatic rings. The van der Waals surface area contributed by atoms with Crippen molar-refractivity contribution >= 4 is 15.7 Å². The molecule has 0 bridgehead atoms. The van der Waals surface area contributed by atoms with Crippen molar-refractivity contribution in [2.45, 2.75) is 42.6 Å². The second-order valence-corrected chi connectivity index (χ2v) is 9.26. The Labute approximate surface area is 141 Å². The van der Waals surface area contributed by atoms with Gasteiger partial charge in [-0.25, -0.2) is 8.42 Å². The zero-order chi connectivity index (χ0) is 16.7. The average Bonchev–Trinajstić information content (AvgIpc) is 3.01. The third-order valence-electron chi connectivity index (χ3n) is 5.24. The lowest BCUT2D eigenvalue weighted by molar-refractivity contribution is 0.0657. The quantitative estimate of drug-likeness (QED) is 0.833. The molecule has 130 valence electrons. The van der Waals surface area contributed by atoms with E-state index in [0.29, 0.717) is 30.2 Å². The molecule has 0 aromatic heterocycles. The molecule has 1 aromatic rings. The van der Waals surface area contributed by atoms with E-state index in [-0.39, 0.29) is 18.0 Å². The van der Waals surface area contributed by atoms with E-state index in [9.17, 15) is 13.2 Å². The fraction of sp³-hybridized carbons (Fsp3) is 0.588. The van der Waals surface area contributed by atoms with E-state index in [0.717, 1.165) is 32.1 Å². The molecule has 0 N–H and O–H groups in total. The Bertz CT molecular complexity index is 748. The highest BCUT2D eigenvalue weighted by atomic mass is 32.2. The van der Waals surface area contributed by atoms with Crippen LogP contribution in [0.5, 0.6) is 11.5 Å². The molecule has 1 aromatic carbocycles. The van der Waals surface area contributed by atoms with Crippen molar-refractivity contribution in [3.63, 3.8) is 0 Å². The first-order chi connectivity index (χ1) is 11.6. The highest BCUT2D eigenvalue weighted by Gasteiger charge is 2.43. The summed E-state index contributed by atoms with van der Waals surface area (Å²) in [7, 11) is -3.12. The maximum atomic E-state index is 12.7. The maximum Gasteiger partial charge on any atom is 0.254 e. The average molecular weight is 351 g/mol. The van der Waals surface area contributed by atoms with Crippen LogP contribution in [0.1, 0.15) is 42.5 Å². The van der Waals surface area contributed by atoms with E-state index in [1.54, 1.807) is 23.1 Å². The smallest absolute Gasteiger partial charge is 0.254 e. The molecule has 1 aliphatic carbocycles. The number of ether oxygens (including phenoxy) is 2. The molecule has 1 amide bonds. The highest BCUT2D eigenvalue weighted by Crippen LogP contribution is 2.34. The number of hydrogen-bond donors (Lipinski definition) is 0. The number of rotatable bonds is 3. The molecule has 0 atom stereocenters. The van der Waals surface area contributed by atoms with Gasteiger partial charge in [0.2, 0.25) is 6.79 Å². The molecule has 2 aliphatic heterocycles. The summed E-state index contributed by atoms with van der Waals surface area (Å²) in [6, 6.07) is 5.07. The van der Waals surface area contributed by atoms with Gasteiger partial charge in [-0.2, -0.15) is 0 Å². The molecule has 7 heteroatoms. The Balaban J connectivity index is 1.41. The monoisotopic (exact) mass is 351 g/mol. The predicted molar refractivity (Wildman–Crippen MR) is 88.0 cm³/mol. The molecule has 0 unspecified atom stereocenters. The highest BCUT2D eigenvalue weighted by molar-refractivity contribution is 7.92. The van der Waals surface area contributed by atoms with Gasteiger partial charge in [0.05, 0.1) is 10.5 Å². The van der Waals surface area contributed by atoms with Crippen molar-refractivity contribution in [3.05, 3.63) is 23.8 Å². The zero-order valence-corrected chi connectivity index (χ0v) is 14.3. The lowest BCUT2D eigenvalue weighted by atomic mass is 10.0. The molecule has 2 fully saturated rings. The fourth-order valence-corrected chi connectivity index (χ4v) is 6.00. The number of carbonyl (C=O) groups excluding carboxylic acids is 1. The topological polar surface area (TPSA) is 72.9 Å². The molecule has 0 radical (unpaired) electrons. The Morgan fingerprint density at radius 1 is 1.00 bits per heavy atom. The summed E-state index contributed by atoms with van der Waals surface area (Å²) >= 11 is 0. The molecule has 1 saturated carbocycles. The summed E-state index contributed by atoms with van der Waals surface area (Å²) in [6.07, 6.45) is 4.67. The molecule has 1 saturated heterocycles. The van der Waals surface area contributed by atoms with Gasteiger partial charge in [-0.3, -0.25) is 4.79 Å². The summed E-state index contributed by atoms with van der Waals surface area (Å²) in [5, 5.41) is -0.613. The normalized spacial score (nSPS) is 21.6. The van der Waals surface area contributed by atoms with Gasteiger partial charge in [0, 0.05) is 18.7 Å². The van der Waals surface area contributed by atoms with Gasteiger partial charge < -0.3 is 14.4 Å². The van der Waals surface area contributed by atoms with E-state index < -0.39 is 15.1 Å². The second kappa shape index (κ2) is 5.95. The minimum Gasteiger partial charge on any atom is -0.454 e. The van der Waals surface area contributed by atoms with Crippen LogP contribution in [0.3, 0.4) is 0 Å². The van der Waals surface area contributed by atoms with E-state index in [1.807, 2.05) is 0 Å². The summed E-state index contributed by atoms with van der Waals surface area (Å²) < 4.78 is 35.8. The van der Waals surface area contributed by atoms with Gasteiger partial charge in [-0.15, -0.1) is 0 Å². The van der Waals surface area contributed by atoms with E-state index in [4.69, 9.17) is 9.47 Å². The van der Waals surface area contributed by atoms with Crippen LogP contribution in [-0.4, -0.2) is 49.6 Å². The summed E-state index contributed by atoms with van der Waals surface area (Å²) in [5.41, 5.74) is 0.507. The van der Waals surface area contributed by atoms with Crippen molar-refractivity contribution in [1.82, 2.24) is 4.90 Å². The number of carbonyl (C=O) groups is 1. The largest absolute Gasteiger partial charge is 0.454 e. The fourth-order valence-electron chi connectivity index (χ4n) is 3.69. The van der Waals surface area contributed by atoms with Crippen molar-refractivity contribution in [1.29, 1.82) is 0 Å². The number of amides is 1. The summed E-state index contributed by atoms with van der Waals surface area (Å²) in [6.45, 7) is 0.761. The van der Waals surface area contributed by atoms with Gasteiger partial charge in [0.25, 0.3) is 5.91 Å². The van der Waals surface area contributed by atoms with Crippen LogP contribution in [0.25, 0.3) is 0 Å². The number of likely N-dealkylation sites (tertiary alicyclic amines) is 1. The number of hydrogen-bond acceptors (Lipinski definition) is 5. The van der Waals surface area contributed by atoms with Gasteiger partial charge >= 0.3 is 0 Å². The minimum atomic E-state index is -3.12. The Hall–Kier alpha value is -1.76. The minimum absolute atomic E-state index is 0.150. The standard InChI is InChI=1S/C17H21NO5S/c19-17(12-6-7-15-16(8-12)23-11-22-15)18-9-14(10-18)24(20,21)13-4-2-1-3-5-13/h6-8,13-14H,1-5,9-11H2. The number of benzene rings is 1. The Morgan fingerprint density at radius 3 is 2.46 bits per heavy atom. The van der Waals surface area contributed by atoms with E-state index >= 15 is 0 Å². The first-order valence-corrected chi connectivity index (χ1v) is 10.1. The predicted octanol–water partition coefficient (Wildman–Crippen LogP) is 1.99. The zero-order valence-electron chi connectivity index (χ0n) is 13.4. The van der Waals surface area contributed by atoms with Crippen LogP contribution < -0.4 is 9.47 Å². The van der Waals surface area contributed by atoms with Crippen molar-refractivity contribution in [3.8, 4) is 11.5 Å². The Morgan fingerprint density at radius 2 is 1.71 bits per heavy atom. The van der Waals surface area contributed by atoms with Gasteiger partial charge in [0.15, 0.2) is 21.3 Å². The lowest BCUT2D eigenvalue weighted by Gasteiger charge is -2.40. The lowest BCUT2D eigenvalue weighted by Crippen LogP contribution is -2.58. The number of fused-ring (bicyclic) bond motifs is 1. The first kappa shape index (κ1) is 15.7. The van der Waals surface area contributed by atoms with Gasteiger partial charge in [-0.05, 0) is 31.0 Å². The summed E-state index contributed by atoms with van der Waals surface area (Å²) in [4.78, 5) is 14.1. The molecule has 6 nitrogen and oxygen atoms in total. The van der Waals surface area contributed by atoms with Crippen LogP contribution in [0.15, 0.2) is 18.2 Å². The molecular formula is C17H21NO5S.